The van der Waals surface area contributed by atoms with Gasteiger partial charge in [0.05, 0.1) is 34.6 Å². The molecule has 2 nitrogen and oxygen atoms in total. The van der Waals surface area contributed by atoms with Crippen molar-refractivity contribution in [3.63, 3.8) is 0 Å². The van der Waals surface area contributed by atoms with Gasteiger partial charge in [-0.15, -0.1) is 0 Å². The molecule has 1 aliphatic carbocycles. The van der Waals surface area contributed by atoms with Gasteiger partial charge in [-0.2, -0.15) is 0 Å². The molecule has 0 atom stereocenters. The molecule has 3 heteroatoms. The number of para-hydroxylation sites is 3. The fraction of sp³-hybridized carbons (Fsp3) is 0.100. The molecule has 0 spiro atoms. The Morgan fingerprint density at radius 2 is 0.984 bits per heavy atom. The third-order valence-corrected chi connectivity index (χ3v) is 18.5. The van der Waals surface area contributed by atoms with Gasteiger partial charge in [-0.25, -0.2) is 0 Å². The van der Waals surface area contributed by atoms with Gasteiger partial charge in [-0.3, -0.25) is 0 Å². The molecule has 1 aliphatic rings. The molecule has 0 aliphatic heterocycles. The summed E-state index contributed by atoms with van der Waals surface area (Å²) in [7, 11) is -3.14. The summed E-state index contributed by atoms with van der Waals surface area (Å²) >= 11 is 0. The highest BCUT2D eigenvalue weighted by molar-refractivity contribution is 7.19. The van der Waals surface area contributed by atoms with Crippen LogP contribution in [0.25, 0.3) is 66.1 Å². The molecule has 2 aromatic heterocycles. The van der Waals surface area contributed by atoms with E-state index in [9.17, 15) is 0 Å². The first-order valence-corrected chi connectivity index (χ1v) is 24.3. The van der Waals surface area contributed by atoms with Crippen LogP contribution < -0.4 is 20.7 Å². The molecule has 12 rings (SSSR count). The summed E-state index contributed by atoms with van der Waals surface area (Å²) in [5.41, 5.74) is 9.11. The minimum atomic E-state index is -3.14. The Bertz CT molecular complexity index is 3650. The fourth-order valence-corrected chi connectivity index (χ4v) is 15.7. The Balaban J connectivity index is 1.12. The summed E-state index contributed by atoms with van der Waals surface area (Å²) < 4.78 is 47.6. The van der Waals surface area contributed by atoms with Gasteiger partial charge in [0, 0.05) is 27.2 Å². The zero-order valence-electron chi connectivity index (χ0n) is 40.0. The Morgan fingerprint density at radius 3 is 1.70 bits per heavy atom. The molecule has 0 N–H and O–H groups in total. The lowest BCUT2D eigenvalue weighted by atomic mass is 9.84. The van der Waals surface area contributed by atoms with E-state index in [1.165, 1.54) is 85.8 Å². The lowest BCUT2D eigenvalue weighted by Gasteiger charge is -2.35. The quantitative estimate of drug-likeness (QED) is 0.107. The van der Waals surface area contributed by atoms with Crippen molar-refractivity contribution >= 4 is 72.4 Å². The first-order chi connectivity index (χ1) is 33.3. The van der Waals surface area contributed by atoms with Crippen LogP contribution in [0.5, 0.6) is 0 Å². The van der Waals surface area contributed by atoms with E-state index >= 15 is 0 Å². The Hall–Kier alpha value is -7.20. The van der Waals surface area contributed by atoms with Crippen LogP contribution in [0.1, 0.15) is 50.4 Å². The van der Waals surface area contributed by atoms with Crippen molar-refractivity contribution in [3.05, 3.63) is 230 Å². The zero-order valence-corrected chi connectivity index (χ0v) is 36.0. The van der Waals surface area contributed by atoms with Gasteiger partial charge in [-0.05, 0) is 92.6 Å². The van der Waals surface area contributed by atoms with Crippen LogP contribution in [0.4, 0.5) is 0 Å². The maximum atomic E-state index is 8.78. The van der Waals surface area contributed by atoms with Crippen molar-refractivity contribution in [1.29, 1.82) is 0 Å². The summed E-state index contributed by atoms with van der Waals surface area (Å²) in [6.45, 7) is 0. The summed E-state index contributed by atoms with van der Waals surface area (Å²) in [5.74, 6) is 0.576. The van der Waals surface area contributed by atoms with Crippen LogP contribution in [-0.4, -0.2) is 17.2 Å². The highest BCUT2D eigenvalue weighted by atomic mass is 28.3. The fourth-order valence-electron chi connectivity index (χ4n) is 10.9. The van der Waals surface area contributed by atoms with E-state index in [2.05, 4.69) is 191 Å². The second-order valence-electron chi connectivity index (χ2n) is 17.1. The molecule has 0 amide bonds. The van der Waals surface area contributed by atoms with Crippen LogP contribution in [0.2, 0.25) is 0 Å². The Labute approximate surface area is 377 Å². The maximum Gasteiger partial charge on any atom is 0.179 e. The van der Waals surface area contributed by atoms with Crippen LogP contribution in [0, 0.1) is 0 Å². The van der Waals surface area contributed by atoms with Gasteiger partial charge in [0.25, 0.3) is 0 Å². The summed E-state index contributed by atoms with van der Waals surface area (Å²) in [6.07, 6.45) is 6.38. The third kappa shape index (κ3) is 6.13. The van der Waals surface area contributed by atoms with Crippen LogP contribution in [-0.2, 0) is 0 Å². The highest BCUT2D eigenvalue weighted by Gasteiger charge is 2.41. The standard InChI is InChI=1S/C60H48N2Si/c1-5-19-43(20-6-1)45-35-38-50(39-36-45)63(48-24-9-3-10-25-48,49-26-11-4-12-27-49)51-28-17-23-47(42-51)61-56-32-15-14-30-53(56)55-31-18-34-58(60(55)61)62-57-33-16-13-29-52(57)54-40-37-46(41-59(54)62)44-21-7-2-8-22-44/h1,3-6,9-20,23-42,44H,2,7-8,21-22H2/i1D,5D,6D,19D,20D. The lowest BCUT2D eigenvalue weighted by molar-refractivity contribution is 0.444. The molecule has 9 aromatic carbocycles. The highest BCUT2D eigenvalue weighted by Crippen LogP contribution is 2.41. The van der Waals surface area contributed by atoms with Gasteiger partial charge in [0.2, 0.25) is 0 Å². The summed E-state index contributed by atoms with van der Waals surface area (Å²) in [6, 6.07) is 69.0. The molecule has 1 fully saturated rings. The molecule has 0 radical (unpaired) electrons. The summed E-state index contributed by atoms with van der Waals surface area (Å²) in [5, 5.41) is 9.62. The number of hydrogen-bond donors (Lipinski definition) is 0. The average molecular weight is 830 g/mol. The monoisotopic (exact) mass is 829 g/mol. The first-order valence-electron chi connectivity index (χ1n) is 24.8. The Morgan fingerprint density at radius 1 is 0.413 bits per heavy atom. The van der Waals surface area contributed by atoms with Crippen LogP contribution in [0.3, 0.4) is 0 Å². The van der Waals surface area contributed by atoms with Crippen molar-refractivity contribution in [2.75, 3.05) is 0 Å². The van der Waals surface area contributed by atoms with Crippen molar-refractivity contribution in [2.45, 2.75) is 38.0 Å². The van der Waals surface area contributed by atoms with E-state index in [0.29, 0.717) is 11.5 Å². The third-order valence-electron chi connectivity index (χ3n) is 13.7. The van der Waals surface area contributed by atoms with Gasteiger partial charge in [0.15, 0.2) is 8.07 Å². The van der Waals surface area contributed by atoms with Gasteiger partial charge in [0.1, 0.15) is 0 Å². The molecular weight excluding hydrogens is 777 g/mol. The predicted octanol–water partition coefficient (Wildman–Crippen LogP) is 13.0. The predicted molar refractivity (Wildman–Crippen MR) is 270 cm³/mol. The van der Waals surface area contributed by atoms with Gasteiger partial charge in [-0.1, -0.05) is 207 Å². The van der Waals surface area contributed by atoms with Crippen LogP contribution >= 0.6 is 0 Å². The average Bonchev–Trinajstić information content (AvgIpc) is 3.92. The first kappa shape index (κ1) is 32.5. The van der Waals surface area contributed by atoms with Crippen molar-refractivity contribution in [3.8, 4) is 22.5 Å². The van der Waals surface area contributed by atoms with E-state index < -0.39 is 14.1 Å². The number of aromatic nitrogens is 2. The number of fused-ring (bicyclic) bond motifs is 6. The van der Waals surface area contributed by atoms with E-state index in [0.717, 1.165) is 27.6 Å². The maximum absolute atomic E-state index is 8.78. The molecule has 1 saturated carbocycles. The van der Waals surface area contributed by atoms with E-state index in [1.807, 2.05) is 12.1 Å². The lowest BCUT2D eigenvalue weighted by Crippen LogP contribution is -2.74. The largest absolute Gasteiger partial charge is 0.307 e. The molecule has 0 bridgehead atoms. The summed E-state index contributed by atoms with van der Waals surface area (Å²) in [4.78, 5) is 0. The van der Waals surface area contributed by atoms with Gasteiger partial charge >= 0.3 is 0 Å². The molecule has 0 unspecified atom stereocenters. The zero-order chi connectivity index (χ0) is 46.1. The number of benzene rings is 9. The second-order valence-corrected chi connectivity index (χ2v) is 20.9. The van der Waals surface area contributed by atoms with Crippen molar-refractivity contribution < 1.29 is 6.85 Å². The normalized spacial score (nSPS) is 14.8. The van der Waals surface area contributed by atoms with E-state index in [-0.39, 0.29) is 29.7 Å². The minimum Gasteiger partial charge on any atom is -0.307 e. The van der Waals surface area contributed by atoms with Gasteiger partial charge < -0.3 is 9.13 Å². The SMILES string of the molecule is [2H]c1c([2H])c([2H])c(-c2ccc([Si](c3ccccc3)(c3ccccc3)c3cccc(-n4c5ccccc5c5cccc(-n6c7ccccc7c7ccc(C8CCCCC8)cc76)c54)c3)cc2)c([2H])c1[2H]. The molecule has 11 aromatic rings. The van der Waals surface area contributed by atoms with E-state index in [1.54, 1.807) is 0 Å². The van der Waals surface area contributed by atoms with Crippen LogP contribution in [0.15, 0.2) is 224 Å². The molecule has 0 saturated heterocycles. The smallest absolute Gasteiger partial charge is 0.179 e. The number of rotatable bonds is 8. The van der Waals surface area contributed by atoms with Crippen molar-refractivity contribution in [1.82, 2.24) is 9.13 Å². The second kappa shape index (κ2) is 15.6. The number of nitrogens with zero attached hydrogens (tertiary/aromatic N) is 2. The molecule has 2 heterocycles. The molecular formula is C60H48N2Si. The van der Waals surface area contributed by atoms with Crippen molar-refractivity contribution in [2.24, 2.45) is 0 Å². The number of hydrogen-bond acceptors (Lipinski definition) is 0. The topological polar surface area (TPSA) is 9.86 Å². The minimum absolute atomic E-state index is 0.201. The van der Waals surface area contributed by atoms with E-state index in [4.69, 9.17) is 6.85 Å². The Kier molecular flexibility index (Phi) is 8.05. The molecule has 302 valence electrons. The molecule has 63 heavy (non-hydrogen) atoms.